The van der Waals surface area contributed by atoms with E-state index in [1.54, 1.807) is 30.2 Å². The van der Waals surface area contributed by atoms with Crippen molar-refractivity contribution in [3.05, 3.63) is 42.2 Å². The van der Waals surface area contributed by atoms with E-state index in [0.29, 0.717) is 23.8 Å². The van der Waals surface area contributed by atoms with E-state index >= 15 is 0 Å². The lowest BCUT2D eigenvalue weighted by Gasteiger charge is -2.44. The smallest absolute Gasteiger partial charge is 0.324 e. The Bertz CT molecular complexity index is 1020. The Labute approximate surface area is 157 Å². The van der Waals surface area contributed by atoms with Crippen LogP contribution in [0.2, 0.25) is 0 Å². The van der Waals surface area contributed by atoms with Gasteiger partial charge >= 0.3 is 6.03 Å². The van der Waals surface area contributed by atoms with Crippen molar-refractivity contribution in [1.82, 2.24) is 24.6 Å². The second-order valence-electron chi connectivity index (χ2n) is 7.24. The highest BCUT2D eigenvalue weighted by Gasteiger charge is 2.44. The molecule has 1 aliphatic rings. The number of benzene rings is 1. The fourth-order valence-electron chi connectivity index (χ4n) is 3.58. The van der Waals surface area contributed by atoms with E-state index < -0.39 is 5.54 Å². The third kappa shape index (κ3) is 2.43. The van der Waals surface area contributed by atoms with Gasteiger partial charge in [0, 0.05) is 20.5 Å². The first kappa shape index (κ1) is 17.3. The molecule has 0 aliphatic carbocycles. The van der Waals surface area contributed by atoms with Crippen molar-refractivity contribution in [2.24, 2.45) is 0 Å². The summed E-state index contributed by atoms with van der Waals surface area (Å²) in [5, 5.41) is 4.09. The second kappa shape index (κ2) is 5.94. The SMILES string of the molecule is CCc1nc(-c2ncn3c2C(C)(C)N(C(=O)N(C)C)c2ccccc2-3)no1. The first-order valence-electron chi connectivity index (χ1n) is 8.88. The van der Waals surface area contributed by atoms with Gasteiger partial charge in [-0.1, -0.05) is 24.2 Å². The molecule has 4 rings (SSSR count). The second-order valence-corrected chi connectivity index (χ2v) is 7.24. The molecule has 27 heavy (non-hydrogen) atoms. The van der Waals surface area contributed by atoms with Crippen LogP contribution in [0.4, 0.5) is 10.5 Å². The summed E-state index contributed by atoms with van der Waals surface area (Å²) in [7, 11) is 3.50. The molecule has 0 fully saturated rings. The number of carbonyl (C=O) groups is 1. The molecule has 8 nitrogen and oxygen atoms in total. The molecule has 0 bridgehead atoms. The van der Waals surface area contributed by atoms with Crippen LogP contribution in [0.5, 0.6) is 0 Å². The molecule has 2 aromatic heterocycles. The van der Waals surface area contributed by atoms with Crippen molar-refractivity contribution in [2.75, 3.05) is 19.0 Å². The molecule has 0 saturated carbocycles. The number of aryl methyl sites for hydroxylation is 1. The average molecular weight is 366 g/mol. The van der Waals surface area contributed by atoms with Gasteiger partial charge < -0.3 is 9.42 Å². The molecule has 0 radical (unpaired) electrons. The van der Waals surface area contributed by atoms with Gasteiger partial charge in [0.2, 0.25) is 11.7 Å². The Kier molecular flexibility index (Phi) is 3.80. The summed E-state index contributed by atoms with van der Waals surface area (Å²) in [4.78, 5) is 25.5. The summed E-state index contributed by atoms with van der Waals surface area (Å²) in [5.74, 6) is 0.993. The van der Waals surface area contributed by atoms with E-state index in [-0.39, 0.29) is 6.03 Å². The van der Waals surface area contributed by atoms with Crippen molar-refractivity contribution < 1.29 is 9.32 Å². The van der Waals surface area contributed by atoms with Gasteiger partial charge in [0.1, 0.15) is 12.0 Å². The normalized spacial score (nSPS) is 14.6. The Morgan fingerprint density at radius 2 is 1.93 bits per heavy atom. The lowest BCUT2D eigenvalue weighted by atomic mass is 9.91. The summed E-state index contributed by atoms with van der Waals surface area (Å²) < 4.78 is 7.29. The zero-order valence-electron chi connectivity index (χ0n) is 16.1. The van der Waals surface area contributed by atoms with E-state index in [0.717, 1.165) is 17.1 Å². The minimum Gasteiger partial charge on any atom is -0.339 e. The van der Waals surface area contributed by atoms with Crippen LogP contribution in [-0.2, 0) is 12.0 Å². The first-order valence-corrected chi connectivity index (χ1v) is 8.88. The number of hydrogen-bond donors (Lipinski definition) is 0. The van der Waals surface area contributed by atoms with E-state index in [9.17, 15) is 4.79 Å². The first-order chi connectivity index (χ1) is 12.9. The Morgan fingerprint density at radius 1 is 1.22 bits per heavy atom. The van der Waals surface area contributed by atoms with Crippen LogP contribution < -0.4 is 4.90 Å². The maximum atomic E-state index is 13.1. The van der Waals surface area contributed by atoms with E-state index in [1.165, 1.54) is 0 Å². The van der Waals surface area contributed by atoms with Crippen molar-refractivity contribution in [3.63, 3.8) is 0 Å². The van der Waals surface area contributed by atoms with Gasteiger partial charge in [0.15, 0.2) is 0 Å². The molecule has 3 aromatic rings. The molecule has 2 amide bonds. The predicted molar refractivity (Wildman–Crippen MR) is 101 cm³/mol. The highest BCUT2D eigenvalue weighted by molar-refractivity contribution is 5.97. The molecule has 0 saturated heterocycles. The average Bonchev–Trinajstić information content (AvgIpc) is 3.28. The van der Waals surface area contributed by atoms with Crippen LogP contribution in [-0.4, -0.2) is 44.7 Å². The minimum absolute atomic E-state index is 0.104. The van der Waals surface area contributed by atoms with Crippen LogP contribution >= 0.6 is 0 Å². The van der Waals surface area contributed by atoms with Crippen molar-refractivity contribution in [3.8, 4) is 17.2 Å². The minimum atomic E-state index is -0.672. The molecule has 0 atom stereocenters. The topological polar surface area (TPSA) is 80.3 Å². The Hall–Kier alpha value is -3.16. The number of para-hydroxylation sites is 2. The van der Waals surface area contributed by atoms with Crippen molar-refractivity contribution in [1.29, 1.82) is 0 Å². The van der Waals surface area contributed by atoms with Gasteiger partial charge in [0.25, 0.3) is 0 Å². The van der Waals surface area contributed by atoms with Gasteiger partial charge in [0.05, 0.1) is 22.6 Å². The molecule has 1 aliphatic heterocycles. The van der Waals surface area contributed by atoms with E-state index in [4.69, 9.17) is 4.52 Å². The molecule has 0 unspecified atom stereocenters. The third-order valence-corrected chi connectivity index (χ3v) is 4.84. The number of imidazole rings is 1. The summed E-state index contributed by atoms with van der Waals surface area (Å²) in [6.45, 7) is 5.96. The predicted octanol–water partition coefficient (Wildman–Crippen LogP) is 3.22. The van der Waals surface area contributed by atoms with E-state index in [2.05, 4.69) is 15.1 Å². The molecule has 8 heteroatoms. The maximum absolute atomic E-state index is 13.1. The monoisotopic (exact) mass is 366 g/mol. The summed E-state index contributed by atoms with van der Waals surface area (Å²) in [6, 6.07) is 7.70. The number of amides is 2. The van der Waals surface area contributed by atoms with Crippen LogP contribution in [0.25, 0.3) is 17.2 Å². The lowest BCUT2D eigenvalue weighted by molar-refractivity contribution is 0.215. The highest BCUT2D eigenvalue weighted by Crippen LogP contribution is 2.45. The molecule has 1 aromatic carbocycles. The number of aromatic nitrogens is 4. The van der Waals surface area contributed by atoms with Gasteiger partial charge in [-0.25, -0.2) is 9.78 Å². The number of urea groups is 1. The van der Waals surface area contributed by atoms with Gasteiger partial charge in [-0.3, -0.25) is 9.47 Å². The molecule has 0 spiro atoms. The number of anilines is 1. The summed E-state index contributed by atoms with van der Waals surface area (Å²) in [5.41, 5.74) is 2.52. The van der Waals surface area contributed by atoms with Gasteiger partial charge in [-0.2, -0.15) is 4.98 Å². The number of hydrogen-bond acceptors (Lipinski definition) is 5. The molecular formula is C19H22N6O2. The standard InChI is InChI=1S/C19H22N6O2/c1-6-14-21-17(22-27-14)15-16-19(2,3)25(18(26)23(4)5)13-10-8-7-9-12(13)24(16)11-20-15/h7-11H,6H2,1-5H3. The van der Waals surface area contributed by atoms with Crippen LogP contribution in [0.3, 0.4) is 0 Å². The summed E-state index contributed by atoms with van der Waals surface area (Å²) >= 11 is 0. The fourth-order valence-corrected chi connectivity index (χ4v) is 3.58. The number of nitrogens with zero attached hydrogens (tertiary/aromatic N) is 6. The van der Waals surface area contributed by atoms with Crippen molar-refractivity contribution >= 4 is 11.7 Å². The molecular weight excluding hydrogens is 344 g/mol. The number of carbonyl (C=O) groups excluding carboxylic acids is 1. The zero-order chi connectivity index (χ0) is 19.3. The number of rotatable bonds is 2. The Morgan fingerprint density at radius 3 is 2.56 bits per heavy atom. The summed E-state index contributed by atoms with van der Waals surface area (Å²) in [6.07, 6.45) is 2.41. The Balaban J connectivity index is 1.98. The fraction of sp³-hybridized carbons (Fsp3) is 0.368. The molecule has 3 heterocycles. The lowest BCUT2D eigenvalue weighted by Crippen LogP contribution is -2.53. The van der Waals surface area contributed by atoms with Crippen LogP contribution in [0, 0.1) is 0 Å². The van der Waals surface area contributed by atoms with Crippen molar-refractivity contribution in [2.45, 2.75) is 32.7 Å². The van der Waals surface area contributed by atoms with E-state index in [1.807, 2.05) is 49.6 Å². The van der Waals surface area contributed by atoms with Crippen LogP contribution in [0.15, 0.2) is 35.1 Å². The maximum Gasteiger partial charge on any atom is 0.324 e. The third-order valence-electron chi connectivity index (χ3n) is 4.84. The van der Waals surface area contributed by atoms with Gasteiger partial charge in [-0.15, -0.1) is 0 Å². The van der Waals surface area contributed by atoms with Crippen LogP contribution in [0.1, 0.15) is 32.4 Å². The quantitative estimate of drug-likeness (QED) is 0.696. The largest absolute Gasteiger partial charge is 0.339 e. The zero-order valence-corrected chi connectivity index (χ0v) is 16.1. The van der Waals surface area contributed by atoms with Gasteiger partial charge in [-0.05, 0) is 26.0 Å². The highest BCUT2D eigenvalue weighted by atomic mass is 16.5. The molecule has 140 valence electrons. The number of fused-ring (bicyclic) bond motifs is 3. The molecule has 0 N–H and O–H groups in total.